The lowest BCUT2D eigenvalue weighted by molar-refractivity contribution is -0.107. The minimum atomic E-state index is 0.0606. The smallest absolute Gasteiger partial charge is 0.216 e. The van der Waals surface area contributed by atoms with Crippen LogP contribution < -0.4 is 0 Å². The first kappa shape index (κ1) is 14.2. The molecule has 0 unspecified atom stereocenters. The molecule has 0 aliphatic rings. The van der Waals surface area contributed by atoms with Gasteiger partial charge in [0.25, 0.3) is 0 Å². The van der Waals surface area contributed by atoms with E-state index in [-0.39, 0.29) is 11.0 Å². The fourth-order valence-corrected chi connectivity index (χ4v) is 2.80. The molecule has 0 radical (unpaired) electrons. The number of carbonyl (C=O) groups is 1. The first-order chi connectivity index (χ1) is 9.26. The van der Waals surface area contributed by atoms with Gasteiger partial charge in [0.05, 0.1) is 5.88 Å². The first-order valence-electron chi connectivity index (χ1n) is 6.17. The molecular formula is C16H15ClOS. The van der Waals surface area contributed by atoms with Gasteiger partial charge in [-0.15, -0.1) is 11.6 Å². The zero-order chi connectivity index (χ0) is 13.7. The number of thioether (sulfide) groups is 1. The molecule has 0 saturated carbocycles. The summed E-state index contributed by atoms with van der Waals surface area (Å²) in [5, 5.41) is 2.37. The summed E-state index contributed by atoms with van der Waals surface area (Å²) in [4.78, 5) is 11.9. The summed E-state index contributed by atoms with van der Waals surface area (Å²) in [6.45, 7) is 1.96. The highest BCUT2D eigenvalue weighted by Crippen LogP contribution is 2.23. The van der Waals surface area contributed by atoms with Crippen molar-refractivity contribution in [2.24, 2.45) is 0 Å². The number of hydrogen-bond acceptors (Lipinski definition) is 2. The monoisotopic (exact) mass is 290 g/mol. The number of alkyl halides is 1. The van der Waals surface area contributed by atoms with Crippen molar-refractivity contribution in [1.29, 1.82) is 0 Å². The van der Waals surface area contributed by atoms with E-state index in [1.807, 2.05) is 37.3 Å². The molecule has 0 fully saturated rings. The average Bonchev–Trinajstić information content (AvgIpc) is 2.45. The topological polar surface area (TPSA) is 17.1 Å². The lowest BCUT2D eigenvalue weighted by Gasteiger charge is -2.05. The summed E-state index contributed by atoms with van der Waals surface area (Å²) >= 11 is 7.19. The zero-order valence-electron chi connectivity index (χ0n) is 10.7. The van der Waals surface area contributed by atoms with Gasteiger partial charge in [-0.2, -0.15) is 0 Å². The molecule has 2 rings (SSSR count). The van der Waals surface area contributed by atoms with Crippen molar-refractivity contribution in [2.45, 2.75) is 6.92 Å². The molecule has 19 heavy (non-hydrogen) atoms. The Morgan fingerprint density at radius 1 is 1.21 bits per heavy atom. The molecule has 0 amide bonds. The standard InChI is InChI=1S/C16H15ClOS/c1-2-19-16(18)14(11-17)10-13-8-5-7-12-6-3-4-9-15(12)13/h3-10H,2,11H2,1H3/b14-10+. The molecule has 0 saturated heterocycles. The molecule has 98 valence electrons. The van der Waals surface area contributed by atoms with Crippen LogP contribution in [0.5, 0.6) is 0 Å². The van der Waals surface area contributed by atoms with Crippen LogP contribution in [0.1, 0.15) is 12.5 Å². The molecule has 0 aliphatic heterocycles. The van der Waals surface area contributed by atoms with E-state index in [1.165, 1.54) is 17.1 Å². The van der Waals surface area contributed by atoms with Gasteiger partial charge in [-0.1, -0.05) is 61.2 Å². The molecule has 0 heterocycles. The molecule has 0 atom stereocenters. The van der Waals surface area contributed by atoms with Gasteiger partial charge in [0.1, 0.15) is 0 Å². The van der Waals surface area contributed by atoms with E-state index in [2.05, 4.69) is 18.2 Å². The molecule has 0 N–H and O–H groups in total. The van der Waals surface area contributed by atoms with Gasteiger partial charge in [-0.25, -0.2) is 0 Å². The Labute approximate surface area is 122 Å². The van der Waals surface area contributed by atoms with Crippen LogP contribution in [0.3, 0.4) is 0 Å². The Kier molecular flexibility index (Phi) is 5.06. The van der Waals surface area contributed by atoms with E-state index in [0.29, 0.717) is 5.57 Å². The van der Waals surface area contributed by atoms with Crippen molar-refractivity contribution in [3.05, 3.63) is 53.6 Å². The van der Waals surface area contributed by atoms with E-state index in [9.17, 15) is 4.79 Å². The Morgan fingerprint density at radius 2 is 1.95 bits per heavy atom. The van der Waals surface area contributed by atoms with Gasteiger partial charge in [-0.3, -0.25) is 4.79 Å². The predicted molar refractivity (Wildman–Crippen MR) is 85.8 cm³/mol. The van der Waals surface area contributed by atoms with Crippen molar-refractivity contribution in [2.75, 3.05) is 11.6 Å². The lowest BCUT2D eigenvalue weighted by atomic mass is 10.0. The van der Waals surface area contributed by atoms with E-state index < -0.39 is 0 Å². The number of carbonyl (C=O) groups excluding carboxylic acids is 1. The number of rotatable bonds is 4. The van der Waals surface area contributed by atoms with E-state index in [4.69, 9.17) is 11.6 Å². The van der Waals surface area contributed by atoms with E-state index >= 15 is 0 Å². The minimum absolute atomic E-state index is 0.0606. The summed E-state index contributed by atoms with van der Waals surface area (Å²) in [7, 11) is 0. The van der Waals surface area contributed by atoms with E-state index in [0.717, 1.165) is 16.7 Å². The lowest BCUT2D eigenvalue weighted by Crippen LogP contribution is -1.99. The maximum atomic E-state index is 11.9. The van der Waals surface area contributed by atoms with Crippen LogP contribution >= 0.6 is 23.4 Å². The van der Waals surface area contributed by atoms with Gasteiger partial charge in [0, 0.05) is 5.57 Å². The molecule has 3 heteroatoms. The minimum Gasteiger partial charge on any atom is -0.282 e. The van der Waals surface area contributed by atoms with Crippen LogP contribution in [0.25, 0.3) is 16.8 Å². The summed E-state index contributed by atoms with van der Waals surface area (Å²) in [6, 6.07) is 14.2. The molecule has 0 spiro atoms. The largest absolute Gasteiger partial charge is 0.282 e. The van der Waals surface area contributed by atoms with Crippen molar-refractivity contribution in [3.63, 3.8) is 0 Å². The van der Waals surface area contributed by atoms with Crippen molar-refractivity contribution >= 4 is 45.3 Å². The predicted octanol–water partition coefficient (Wildman–Crippen LogP) is 4.74. The van der Waals surface area contributed by atoms with Gasteiger partial charge in [-0.05, 0) is 28.2 Å². The quantitative estimate of drug-likeness (QED) is 0.597. The molecular weight excluding hydrogens is 276 g/mol. The molecule has 1 nitrogen and oxygen atoms in total. The highest BCUT2D eigenvalue weighted by atomic mass is 35.5. The highest BCUT2D eigenvalue weighted by molar-refractivity contribution is 8.14. The normalized spacial score (nSPS) is 11.8. The second-order valence-electron chi connectivity index (χ2n) is 4.09. The van der Waals surface area contributed by atoms with Crippen LogP contribution in [-0.2, 0) is 4.79 Å². The van der Waals surface area contributed by atoms with Gasteiger partial charge < -0.3 is 0 Å². The van der Waals surface area contributed by atoms with Gasteiger partial charge in [0.15, 0.2) is 0 Å². The van der Waals surface area contributed by atoms with Crippen molar-refractivity contribution in [3.8, 4) is 0 Å². The second kappa shape index (κ2) is 6.78. The molecule has 0 bridgehead atoms. The maximum absolute atomic E-state index is 11.9. The Hall–Kier alpha value is -1.25. The Bertz CT molecular complexity index is 614. The Morgan fingerprint density at radius 3 is 2.68 bits per heavy atom. The first-order valence-corrected chi connectivity index (χ1v) is 7.69. The zero-order valence-corrected chi connectivity index (χ0v) is 12.3. The highest BCUT2D eigenvalue weighted by Gasteiger charge is 2.09. The molecule has 2 aromatic rings. The third kappa shape index (κ3) is 3.40. The third-order valence-corrected chi connectivity index (χ3v) is 3.94. The second-order valence-corrected chi connectivity index (χ2v) is 5.60. The van der Waals surface area contributed by atoms with Gasteiger partial charge in [0.2, 0.25) is 5.12 Å². The fraction of sp³-hybridized carbons (Fsp3) is 0.188. The third-order valence-electron chi connectivity index (χ3n) is 2.83. The van der Waals surface area contributed by atoms with Crippen molar-refractivity contribution < 1.29 is 4.79 Å². The Balaban J connectivity index is 2.46. The van der Waals surface area contributed by atoms with Crippen LogP contribution in [0, 0.1) is 0 Å². The van der Waals surface area contributed by atoms with Crippen LogP contribution in [-0.4, -0.2) is 16.7 Å². The van der Waals surface area contributed by atoms with Gasteiger partial charge >= 0.3 is 0 Å². The number of hydrogen-bond donors (Lipinski definition) is 0. The number of benzene rings is 2. The summed E-state index contributed by atoms with van der Waals surface area (Å²) in [5.41, 5.74) is 1.70. The number of fused-ring (bicyclic) bond motifs is 1. The fourth-order valence-electron chi connectivity index (χ4n) is 1.94. The van der Waals surface area contributed by atoms with Crippen molar-refractivity contribution in [1.82, 2.24) is 0 Å². The van der Waals surface area contributed by atoms with E-state index in [1.54, 1.807) is 0 Å². The van der Waals surface area contributed by atoms with Crippen LogP contribution in [0.15, 0.2) is 48.0 Å². The summed E-state index contributed by atoms with van der Waals surface area (Å²) < 4.78 is 0. The molecule has 2 aromatic carbocycles. The number of halogens is 1. The summed E-state index contributed by atoms with van der Waals surface area (Å²) in [5.74, 6) is 1.01. The van der Waals surface area contributed by atoms with Crippen LogP contribution in [0.2, 0.25) is 0 Å². The molecule has 0 aliphatic carbocycles. The summed E-state index contributed by atoms with van der Waals surface area (Å²) in [6.07, 6.45) is 1.90. The molecule has 0 aromatic heterocycles. The SMILES string of the molecule is CCSC(=O)/C(=C/c1cccc2ccccc12)CCl. The van der Waals surface area contributed by atoms with Crippen LogP contribution in [0.4, 0.5) is 0 Å². The maximum Gasteiger partial charge on any atom is 0.216 e. The average molecular weight is 291 g/mol.